The molecule has 3 nitrogen and oxygen atoms in total. The molecule has 0 aliphatic heterocycles. The Morgan fingerprint density at radius 1 is 1.05 bits per heavy atom. The van der Waals surface area contributed by atoms with Crippen LogP contribution >= 0.6 is 0 Å². The van der Waals surface area contributed by atoms with Crippen molar-refractivity contribution in [3.8, 4) is 11.8 Å². The largest absolute Gasteiger partial charge is 0.508 e. The molecule has 0 amide bonds. The highest BCUT2D eigenvalue weighted by atomic mass is 16.3. The molecule has 2 unspecified atom stereocenters. The number of rotatable bonds is 6. The molecule has 0 radical (unpaired) electrons. The van der Waals surface area contributed by atoms with Crippen LogP contribution in [0.1, 0.15) is 36.9 Å². The second-order valence-corrected chi connectivity index (χ2v) is 5.07. The molecule has 0 aromatic heterocycles. The van der Waals surface area contributed by atoms with Crippen molar-refractivity contribution < 1.29 is 5.11 Å². The second kappa shape index (κ2) is 7.47. The molecule has 2 atom stereocenters. The molecule has 2 aromatic rings. The van der Waals surface area contributed by atoms with Gasteiger partial charge in [-0.1, -0.05) is 49.4 Å². The average molecular weight is 280 g/mol. The standard InChI is InChI=1S/C18H20N2O/c1-2-16(12-13-19)20-18(14-6-4-3-5-7-14)15-8-10-17(21)11-9-15/h3-11,16,18,20-21H,2,12H2,1H3. The van der Waals surface area contributed by atoms with E-state index in [4.69, 9.17) is 5.26 Å². The summed E-state index contributed by atoms with van der Waals surface area (Å²) in [5.41, 5.74) is 2.23. The topological polar surface area (TPSA) is 56.0 Å². The molecule has 0 heterocycles. The minimum absolute atomic E-state index is 0.0186. The number of phenols is 1. The minimum Gasteiger partial charge on any atom is -0.508 e. The van der Waals surface area contributed by atoms with Gasteiger partial charge in [-0.25, -0.2) is 0 Å². The molecular formula is C18H20N2O. The smallest absolute Gasteiger partial charge is 0.115 e. The van der Waals surface area contributed by atoms with Crippen LogP contribution in [0.5, 0.6) is 5.75 Å². The lowest BCUT2D eigenvalue weighted by molar-refractivity contribution is 0.461. The molecule has 3 heteroatoms. The zero-order chi connectivity index (χ0) is 15.1. The Hall–Kier alpha value is -2.31. The Kier molecular flexibility index (Phi) is 5.36. The first-order valence-corrected chi connectivity index (χ1v) is 7.21. The summed E-state index contributed by atoms with van der Waals surface area (Å²) in [7, 11) is 0. The lowest BCUT2D eigenvalue weighted by Gasteiger charge is -2.24. The van der Waals surface area contributed by atoms with Gasteiger partial charge in [0.05, 0.1) is 18.5 Å². The molecule has 0 aliphatic rings. The Labute approximate surface area is 125 Å². The van der Waals surface area contributed by atoms with Gasteiger partial charge in [-0.05, 0) is 29.7 Å². The molecule has 0 saturated heterocycles. The van der Waals surface area contributed by atoms with E-state index in [1.54, 1.807) is 12.1 Å². The van der Waals surface area contributed by atoms with Crippen molar-refractivity contribution in [1.29, 1.82) is 5.26 Å². The number of nitrogens with zero attached hydrogens (tertiary/aromatic N) is 1. The van der Waals surface area contributed by atoms with Gasteiger partial charge in [0.1, 0.15) is 5.75 Å². The second-order valence-electron chi connectivity index (χ2n) is 5.07. The van der Waals surface area contributed by atoms with Crippen molar-refractivity contribution in [2.75, 3.05) is 0 Å². The molecule has 0 bridgehead atoms. The maximum Gasteiger partial charge on any atom is 0.115 e. The first kappa shape index (κ1) is 15.1. The number of hydrogen-bond donors (Lipinski definition) is 2. The molecule has 0 spiro atoms. The predicted molar refractivity (Wildman–Crippen MR) is 83.8 cm³/mol. The lowest BCUT2D eigenvalue weighted by atomic mass is 9.97. The van der Waals surface area contributed by atoms with Crippen LogP contribution in [0.4, 0.5) is 0 Å². The number of aromatic hydroxyl groups is 1. The maximum atomic E-state index is 9.46. The average Bonchev–Trinajstić information content (AvgIpc) is 2.53. The fraction of sp³-hybridized carbons (Fsp3) is 0.278. The first-order chi connectivity index (χ1) is 10.2. The molecule has 0 saturated carbocycles. The summed E-state index contributed by atoms with van der Waals surface area (Å²) in [5.74, 6) is 0.259. The molecule has 2 N–H and O–H groups in total. The van der Waals surface area contributed by atoms with E-state index in [-0.39, 0.29) is 17.8 Å². The van der Waals surface area contributed by atoms with Crippen LogP contribution in [-0.2, 0) is 0 Å². The highest BCUT2D eigenvalue weighted by Gasteiger charge is 2.17. The number of hydrogen-bond acceptors (Lipinski definition) is 3. The maximum absolute atomic E-state index is 9.46. The van der Waals surface area contributed by atoms with E-state index in [0.29, 0.717) is 6.42 Å². The summed E-state index contributed by atoms with van der Waals surface area (Å²) in [5, 5.41) is 21.9. The highest BCUT2D eigenvalue weighted by molar-refractivity contribution is 5.35. The number of nitriles is 1. The zero-order valence-corrected chi connectivity index (χ0v) is 12.2. The SMILES string of the molecule is CCC(CC#N)NC(c1ccccc1)c1ccc(O)cc1. The van der Waals surface area contributed by atoms with Gasteiger partial charge in [0.25, 0.3) is 0 Å². The van der Waals surface area contributed by atoms with E-state index in [1.165, 1.54) is 0 Å². The predicted octanol–water partition coefficient (Wildman–Crippen LogP) is 3.76. The van der Waals surface area contributed by atoms with Crippen LogP contribution in [0.2, 0.25) is 0 Å². The third-order valence-electron chi connectivity index (χ3n) is 3.59. The Morgan fingerprint density at radius 3 is 2.24 bits per heavy atom. The van der Waals surface area contributed by atoms with Gasteiger partial charge < -0.3 is 10.4 Å². The van der Waals surface area contributed by atoms with Gasteiger partial charge in [-0.15, -0.1) is 0 Å². The third kappa shape index (κ3) is 4.08. The molecule has 0 aliphatic carbocycles. The van der Waals surface area contributed by atoms with Gasteiger partial charge in [-0.3, -0.25) is 0 Å². The van der Waals surface area contributed by atoms with E-state index in [1.807, 2.05) is 30.3 Å². The van der Waals surface area contributed by atoms with Crippen molar-refractivity contribution in [2.45, 2.75) is 31.8 Å². The van der Waals surface area contributed by atoms with E-state index < -0.39 is 0 Å². The van der Waals surface area contributed by atoms with Crippen molar-refractivity contribution >= 4 is 0 Å². The number of benzene rings is 2. The van der Waals surface area contributed by atoms with E-state index in [2.05, 4.69) is 30.4 Å². The van der Waals surface area contributed by atoms with E-state index >= 15 is 0 Å². The monoisotopic (exact) mass is 280 g/mol. The van der Waals surface area contributed by atoms with Crippen molar-refractivity contribution in [1.82, 2.24) is 5.32 Å². The quantitative estimate of drug-likeness (QED) is 0.847. The van der Waals surface area contributed by atoms with Gasteiger partial charge in [-0.2, -0.15) is 5.26 Å². The normalized spacial score (nSPS) is 13.3. The molecular weight excluding hydrogens is 260 g/mol. The summed E-state index contributed by atoms with van der Waals surface area (Å²) < 4.78 is 0. The van der Waals surface area contributed by atoms with Crippen LogP contribution in [0.3, 0.4) is 0 Å². The molecule has 108 valence electrons. The Morgan fingerprint density at radius 2 is 1.67 bits per heavy atom. The highest BCUT2D eigenvalue weighted by Crippen LogP contribution is 2.25. The summed E-state index contributed by atoms with van der Waals surface area (Å²) >= 11 is 0. The van der Waals surface area contributed by atoms with Crippen LogP contribution in [0, 0.1) is 11.3 Å². The fourth-order valence-corrected chi connectivity index (χ4v) is 2.36. The van der Waals surface area contributed by atoms with Gasteiger partial charge in [0.2, 0.25) is 0 Å². The first-order valence-electron chi connectivity index (χ1n) is 7.21. The molecule has 2 rings (SSSR count). The lowest BCUT2D eigenvalue weighted by Crippen LogP contribution is -2.32. The molecule has 21 heavy (non-hydrogen) atoms. The van der Waals surface area contributed by atoms with Crippen molar-refractivity contribution in [3.05, 3.63) is 65.7 Å². The summed E-state index contributed by atoms with van der Waals surface area (Å²) in [6, 6.07) is 19.8. The van der Waals surface area contributed by atoms with Crippen LogP contribution in [0.15, 0.2) is 54.6 Å². The van der Waals surface area contributed by atoms with Crippen LogP contribution < -0.4 is 5.32 Å². The summed E-state index contributed by atoms with van der Waals surface area (Å²) in [6.45, 7) is 2.08. The Balaban J connectivity index is 2.31. The van der Waals surface area contributed by atoms with E-state index in [0.717, 1.165) is 17.5 Å². The molecule has 0 fully saturated rings. The molecule has 2 aromatic carbocycles. The summed E-state index contributed by atoms with van der Waals surface area (Å²) in [6.07, 6.45) is 1.38. The van der Waals surface area contributed by atoms with Crippen LogP contribution in [-0.4, -0.2) is 11.1 Å². The summed E-state index contributed by atoms with van der Waals surface area (Å²) in [4.78, 5) is 0. The van der Waals surface area contributed by atoms with E-state index in [9.17, 15) is 5.11 Å². The van der Waals surface area contributed by atoms with Crippen LogP contribution in [0.25, 0.3) is 0 Å². The fourth-order valence-electron chi connectivity index (χ4n) is 2.36. The van der Waals surface area contributed by atoms with Gasteiger partial charge >= 0.3 is 0 Å². The number of nitrogens with one attached hydrogen (secondary N) is 1. The van der Waals surface area contributed by atoms with Crippen molar-refractivity contribution in [3.63, 3.8) is 0 Å². The third-order valence-corrected chi connectivity index (χ3v) is 3.59. The van der Waals surface area contributed by atoms with Gasteiger partial charge in [0.15, 0.2) is 0 Å². The minimum atomic E-state index is 0.0186. The number of phenolic OH excluding ortho intramolecular Hbond substituents is 1. The Bertz CT molecular complexity index is 587. The van der Waals surface area contributed by atoms with Gasteiger partial charge in [0, 0.05) is 6.04 Å². The van der Waals surface area contributed by atoms with Crippen molar-refractivity contribution in [2.24, 2.45) is 0 Å². The zero-order valence-electron chi connectivity index (χ0n) is 12.2.